The molecule has 1 fully saturated rings. The largest absolute Gasteiger partial charge is 0.416 e. The van der Waals surface area contributed by atoms with E-state index in [1.165, 1.54) is 5.56 Å². The molecule has 0 bridgehead atoms. The van der Waals surface area contributed by atoms with Crippen LogP contribution >= 0.6 is 0 Å². The predicted octanol–water partition coefficient (Wildman–Crippen LogP) is 5.02. The molecule has 2 heterocycles. The molecule has 7 nitrogen and oxygen atoms in total. The third-order valence-corrected chi connectivity index (χ3v) is 6.80. The number of rotatable bonds is 7. The topological polar surface area (TPSA) is 79.5 Å². The summed E-state index contributed by atoms with van der Waals surface area (Å²) < 4.78 is 5.89. The summed E-state index contributed by atoms with van der Waals surface area (Å²) in [7, 11) is 0. The molecule has 2 amide bonds. The number of carbonyl (C=O) groups is 2. The van der Waals surface area contributed by atoms with E-state index < -0.39 is 0 Å². The van der Waals surface area contributed by atoms with Crippen LogP contribution < -0.4 is 0 Å². The van der Waals surface area contributed by atoms with Gasteiger partial charge in [0.05, 0.1) is 0 Å². The number of aryl methyl sites for hydroxylation is 2. The minimum atomic E-state index is -0.0335. The van der Waals surface area contributed by atoms with Gasteiger partial charge in [-0.1, -0.05) is 48.5 Å². The van der Waals surface area contributed by atoms with Gasteiger partial charge in [0.2, 0.25) is 17.7 Å². The molecule has 0 N–H and O–H groups in total. The number of benzene rings is 3. The van der Waals surface area contributed by atoms with Gasteiger partial charge in [0.1, 0.15) is 0 Å². The molecule has 0 radical (unpaired) electrons. The van der Waals surface area contributed by atoms with Gasteiger partial charge >= 0.3 is 0 Å². The van der Waals surface area contributed by atoms with Crippen molar-refractivity contribution in [1.29, 1.82) is 0 Å². The van der Waals surface area contributed by atoms with Crippen molar-refractivity contribution < 1.29 is 14.0 Å². The quantitative estimate of drug-likeness (QED) is 0.360. The van der Waals surface area contributed by atoms with E-state index in [0.29, 0.717) is 49.9 Å². The normalized spacial score (nSPS) is 13.5. The summed E-state index contributed by atoms with van der Waals surface area (Å²) in [6, 6.07) is 25.3. The van der Waals surface area contributed by atoms with Gasteiger partial charge in [-0.05, 0) is 61.2 Å². The van der Waals surface area contributed by atoms with Crippen LogP contribution in [0.15, 0.2) is 83.3 Å². The Balaban J connectivity index is 1.13. The van der Waals surface area contributed by atoms with Gasteiger partial charge in [-0.3, -0.25) is 9.59 Å². The minimum Gasteiger partial charge on any atom is -0.416 e. The Bertz CT molecular complexity index is 1360. The van der Waals surface area contributed by atoms with Gasteiger partial charge in [0.25, 0.3) is 5.91 Å². The molecule has 0 spiro atoms. The molecule has 1 aliphatic rings. The maximum atomic E-state index is 13.1. The number of hydrogen-bond acceptors (Lipinski definition) is 5. The van der Waals surface area contributed by atoms with E-state index in [4.69, 9.17) is 4.42 Å². The first kappa shape index (κ1) is 24.4. The number of carbonyl (C=O) groups excluding carboxylic acids is 2. The van der Waals surface area contributed by atoms with Crippen molar-refractivity contribution in [3.8, 4) is 22.9 Å². The Kier molecular flexibility index (Phi) is 7.40. The molecule has 37 heavy (non-hydrogen) atoms. The van der Waals surface area contributed by atoms with Crippen LogP contribution in [0, 0.1) is 6.92 Å². The van der Waals surface area contributed by atoms with E-state index in [1.807, 2.05) is 71.3 Å². The number of amides is 2. The summed E-state index contributed by atoms with van der Waals surface area (Å²) >= 11 is 0. The molecule has 188 valence electrons. The lowest BCUT2D eigenvalue weighted by Gasteiger charge is -2.35. The van der Waals surface area contributed by atoms with Gasteiger partial charge in [0, 0.05) is 49.3 Å². The lowest BCUT2D eigenvalue weighted by molar-refractivity contribution is -0.132. The molecule has 0 aliphatic carbocycles. The van der Waals surface area contributed by atoms with Gasteiger partial charge in [0.15, 0.2) is 0 Å². The second kappa shape index (κ2) is 11.2. The third kappa shape index (κ3) is 5.77. The molecule has 3 aromatic carbocycles. The number of aromatic nitrogens is 2. The lowest BCUT2D eigenvalue weighted by Crippen LogP contribution is -2.50. The van der Waals surface area contributed by atoms with E-state index in [9.17, 15) is 9.59 Å². The van der Waals surface area contributed by atoms with Crippen molar-refractivity contribution in [2.24, 2.45) is 0 Å². The summed E-state index contributed by atoms with van der Waals surface area (Å²) in [4.78, 5) is 29.4. The highest BCUT2D eigenvalue weighted by Crippen LogP contribution is 2.26. The highest BCUT2D eigenvalue weighted by molar-refractivity contribution is 5.94. The van der Waals surface area contributed by atoms with E-state index in [0.717, 1.165) is 29.5 Å². The van der Waals surface area contributed by atoms with Crippen LogP contribution in [0.5, 0.6) is 0 Å². The summed E-state index contributed by atoms with van der Waals surface area (Å²) in [5.41, 5.74) is 4.58. The van der Waals surface area contributed by atoms with Gasteiger partial charge in [-0.2, -0.15) is 0 Å². The highest BCUT2D eigenvalue weighted by atomic mass is 16.4. The zero-order chi connectivity index (χ0) is 25.6. The molecule has 0 saturated carbocycles. The monoisotopic (exact) mass is 494 g/mol. The number of hydrogen-bond donors (Lipinski definition) is 0. The van der Waals surface area contributed by atoms with Gasteiger partial charge < -0.3 is 14.2 Å². The molecule has 0 unspecified atom stereocenters. The fourth-order valence-electron chi connectivity index (χ4n) is 4.61. The second-order valence-corrected chi connectivity index (χ2v) is 9.32. The first-order chi connectivity index (χ1) is 18.1. The molecule has 7 heteroatoms. The molecular weight excluding hydrogens is 464 g/mol. The predicted molar refractivity (Wildman–Crippen MR) is 142 cm³/mol. The molecule has 5 rings (SSSR count). The Morgan fingerprint density at radius 3 is 2.16 bits per heavy atom. The first-order valence-electron chi connectivity index (χ1n) is 12.7. The standard InChI is InChI=1S/C30H30N4O3/c1-22-8-5-6-12-26(22)29-32-31-28(37-29)24-14-16-25(17-15-24)30(36)34-20-18-33(19-21-34)27(35)13-7-11-23-9-3-2-4-10-23/h2-6,8-10,12,14-17H,7,11,13,18-21H2,1H3. The van der Waals surface area contributed by atoms with Crippen LogP contribution in [-0.4, -0.2) is 58.0 Å². The average molecular weight is 495 g/mol. The third-order valence-electron chi connectivity index (χ3n) is 6.80. The Labute approximate surface area is 216 Å². The fourth-order valence-corrected chi connectivity index (χ4v) is 4.61. The van der Waals surface area contributed by atoms with Crippen molar-refractivity contribution in [3.05, 3.63) is 95.6 Å². The van der Waals surface area contributed by atoms with Crippen LogP contribution in [-0.2, 0) is 11.2 Å². The lowest BCUT2D eigenvalue weighted by atomic mass is 10.1. The zero-order valence-electron chi connectivity index (χ0n) is 21.0. The van der Waals surface area contributed by atoms with Crippen molar-refractivity contribution in [2.45, 2.75) is 26.2 Å². The smallest absolute Gasteiger partial charge is 0.253 e. The fraction of sp³-hybridized carbons (Fsp3) is 0.267. The molecule has 0 atom stereocenters. The highest BCUT2D eigenvalue weighted by Gasteiger charge is 2.25. The summed E-state index contributed by atoms with van der Waals surface area (Å²) in [6.45, 7) is 4.21. The van der Waals surface area contributed by atoms with E-state index >= 15 is 0 Å². The van der Waals surface area contributed by atoms with Crippen LogP contribution in [0.2, 0.25) is 0 Å². The van der Waals surface area contributed by atoms with E-state index in [-0.39, 0.29) is 11.8 Å². The van der Waals surface area contributed by atoms with Crippen molar-refractivity contribution in [1.82, 2.24) is 20.0 Å². The maximum absolute atomic E-state index is 13.1. The number of nitrogens with zero attached hydrogens (tertiary/aromatic N) is 4. The SMILES string of the molecule is Cc1ccccc1-c1nnc(-c2ccc(C(=O)N3CCN(C(=O)CCCc4ccccc4)CC3)cc2)o1. The van der Waals surface area contributed by atoms with Crippen LogP contribution in [0.4, 0.5) is 0 Å². The van der Waals surface area contributed by atoms with Gasteiger partial charge in [-0.15, -0.1) is 10.2 Å². The van der Waals surface area contributed by atoms with Crippen molar-refractivity contribution in [3.63, 3.8) is 0 Å². The average Bonchev–Trinajstić information content (AvgIpc) is 3.44. The molecule has 4 aromatic rings. The first-order valence-corrected chi connectivity index (χ1v) is 12.7. The van der Waals surface area contributed by atoms with Gasteiger partial charge in [-0.25, -0.2) is 0 Å². The summed E-state index contributed by atoms with van der Waals surface area (Å²) in [5.74, 6) is 1.02. The van der Waals surface area contributed by atoms with E-state index in [2.05, 4.69) is 22.3 Å². The Hall–Kier alpha value is -4.26. The molecule has 1 saturated heterocycles. The zero-order valence-corrected chi connectivity index (χ0v) is 21.0. The summed E-state index contributed by atoms with van der Waals surface area (Å²) in [6.07, 6.45) is 2.27. The van der Waals surface area contributed by atoms with Crippen molar-refractivity contribution in [2.75, 3.05) is 26.2 Å². The molecular formula is C30H30N4O3. The Morgan fingerprint density at radius 2 is 1.43 bits per heavy atom. The van der Waals surface area contributed by atoms with Crippen LogP contribution in [0.3, 0.4) is 0 Å². The van der Waals surface area contributed by atoms with E-state index in [1.54, 1.807) is 12.1 Å². The second-order valence-electron chi connectivity index (χ2n) is 9.32. The maximum Gasteiger partial charge on any atom is 0.253 e. The summed E-state index contributed by atoms with van der Waals surface area (Å²) in [5, 5.41) is 8.37. The molecule has 1 aromatic heterocycles. The molecule has 1 aliphatic heterocycles. The Morgan fingerprint density at radius 1 is 0.784 bits per heavy atom. The van der Waals surface area contributed by atoms with Crippen molar-refractivity contribution >= 4 is 11.8 Å². The number of piperazine rings is 1. The van der Waals surface area contributed by atoms with Crippen LogP contribution in [0.25, 0.3) is 22.9 Å². The van der Waals surface area contributed by atoms with Crippen LogP contribution in [0.1, 0.15) is 34.3 Å². The minimum absolute atomic E-state index is 0.0335.